The summed E-state index contributed by atoms with van der Waals surface area (Å²) >= 11 is 0. The van der Waals surface area contributed by atoms with Gasteiger partial charge in [-0.2, -0.15) is 4.39 Å². The zero-order chi connectivity index (χ0) is 15.3. The van der Waals surface area contributed by atoms with Crippen molar-refractivity contribution in [3.63, 3.8) is 0 Å². The summed E-state index contributed by atoms with van der Waals surface area (Å²) in [4.78, 5) is 20.9. The molecule has 20 heavy (non-hydrogen) atoms. The van der Waals surface area contributed by atoms with Crippen LogP contribution in [-0.2, 0) is 0 Å². The molecule has 0 atom stereocenters. The molecule has 1 N–H and O–H groups in total. The normalized spacial score (nSPS) is 10.4. The summed E-state index contributed by atoms with van der Waals surface area (Å²) in [5, 5.41) is 12.8. The van der Waals surface area contributed by atoms with Crippen molar-refractivity contribution in [3.05, 3.63) is 39.2 Å². The van der Waals surface area contributed by atoms with Crippen molar-refractivity contribution in [2.75, 3.05) is 6.54 Å². The Morgan fingerprint density at radius 2 is 1.90 bits per heavy atom. The van der Waals surface area contributed by atoms with E-state index in [9.17, 15) is 28.1 Å². The second kappa shape index (κ2) is 6.88. The molecule has 0 spiro atoms. The standard InChI is InChI=1S/C12H13F3N2O3/c1-2-3-4-5-16-12(18)7-6-8(17(19)20)10(14)11(15)9(7)13/h6H,2-5H2,1H3,(H,16,18). The van der Waals surface area contributed by atoms with E-state index in [1.165, 1.54) is 0 Å². The molecule has 8 heteroatoms. The third-order valence-electron chi connectivity index (χ3n) is 2.64. The highest BCUT2D eigenvalue weighted by molar-refractivity contribution is 5.95. The molecule has 0 saturated heterocycles. The van der Waals surface area contributed by atoms with Gasteiger partial charge in [-0.25, -0.2) is 8.78 Å². The maximum absolute atomic E-state index is 13.4. The number of nitrogens with one attached hydrogen (secondary N) is 1. The van der Waals surface area contributed by atoms with Gasteiger partial charge in [0.2, 0.25) is 11.6 Å². The van der Waals surface area contributed by atoms with Crippen LogP contribution < -0.4 is 5.32 Å². The first-order valence-electron chi connectivity index (χ1n) is 6.00. The molecule has 110 valence electrons. The van der Waals surface area contributed by atoms with Gasteiger partial charge in [-0.1, -0.05) is 19.8 Å². The van der Waals surface area contributed by atoms with Gasteiger partial charge in [0.1, 0.15) is 0 Å². The quantitative estimate of drug-likeness (QED) is 0.379. The van der Waals surface area contributed by atoms with Crippen LogP contribution in [0.5, 0.6) is 0 Å². The molecular formula is C12H13F3N2O3. The summed E-state index contributed by atoms with van der Waals surface area (Å²) in [6.45, 7) is 2.17. The molecule has 1 amide bonds. The summed E-state index contributed by atoms with van der Waals surface area (Å²) in [6, 6.07) is 0.392. The molecule has 0 aliphatic heterocycles. The molecule has 0 bridgehead atoms. The van der Waals surface area contributed by atoms with Gasteiger partial charge in [-0.3, -0.25) is 14.9 Å². The number of unbranched alkanes of at least 4 members (excludes halogenated alkanes) is 2. The smallest absolute Gasteiger partial charge is 0.308 e. The lowest BCUT2D eigenvalue weighted by molar-refractivity contribution is -0.387. The van der Waals surface area contributed by atoms with Gasteiger partial charge in [-0.05, 0) is 6.42 Å². The monoisotopic (exact) mass is 290 g/mol. The Bertz CT molecular complexity index is 535. The highest BCUT2D eigenvalue weighted by Gasteiger charge is 2.28. The molecule has 0 radical (unpaired) electrons. The summed E-state index contributed by atoms with van der Waals surface area (Å²) in [7, 11) is 0. The first-order valence-corrected chi connectivity index (χ1v) is 6.00. The van der Waals surface area contributed by atoms with E-state index in [1.807, 2.05) is 6.92 Å². The maximum atomic E-state index is 13.4. The molecule has 1 aromatic rings. The van der Waals surface area contributed by atoms with Gasteiger partial charge in [0.05, 0.1) is 10.5 Å². The van der Waals surface area contributed by atoms with Crippen LogP contribution in [0.2, 0.25) is 0 Å². The number of amides is 1. The minimum atomic E-state index is -2.03. The molecule has 0 heterocycles. The summed E-state index contributed by atoms with van der Waals surface area (Å²) in [5.41, 5.74) is -2.16. The Morgan fingerprint density at radius 3 is 2.45 bits per heavy atom. The van der Waals surface area contributed by atoms with Crippen molar-refractivity contribution in [2.45, 2.75) is 26.2 Å². The Hall–Kier alpha value is -2.12. The third kappa shape index (κ3) is 3.46. The number of hydrogen-bond acceptors (Lipinski definition) is 3. The lowest BCUT2D eigenvalue weighted by Crippen LogP contribution is -2.26. The fraction of sp³-hybridized carbons (Fsp3) is 0.417. The van der Waals surface area contributed by atoms with Crippen LogP contribution in [-0.4, -0.2) is 17.4 Å². The van der Waals surface area contributed by atoms with E-state index in [0.717, 1.165) is 12.8 Å². The van der Waals surface area contributed by atoms with Gasteiger partial charge < -0.3 is 5.32 Å². The number of hydrogen-bond donors (Lipinski definition) is 1. The second-order valence-electron chi connectivity index (χ2n) is 4.11. The Labute approximate surface area is 112 Å². The van der Waals surface area contributed by atoms with E-state index in [4.69, 9.17) is 0 Å². The minimum Gasteiger partial charge on any atom is -0.352 e. The van der Waals surface area contributed by atoms with Gasteiger partial charge in [0.25, 0.3) is 5.91 Å². The number of nitro groups is 1. The number of nitro benzene ring substituents is 1. The first-order chi connectivity index (χ1) is 9.40. The zero-order valence-electron chi connectivity index (χ0n) is 10.7. The number of rotatable bonds is 6. The fourth-order valence-electron chi connectivity index (χ4n) is 1.56. The average molecular weight is 290 g/mol. The fourth-order valence-corrected chi connectivity index (χ4v) is 1.56. The van der Waals surface area contributed by atoms with Crippen LogP contribution in [0.3, 0.4) is 0 Å². The average Bonchev–Trinajstić information content (AvgIpc) is 2.40. The SMILES string of the molecule is CCCCCNC(=O)c1cc([N+](=O)[O-])c(F)c(F)c1F. The van der Waals surface area contributed by atoms with E-state index < -0.39 is 39.5 Å². The Balaban J connectivity index is 3.00. The Kier molecular flexibility index (Phi) is 5.48. The molecule has 0 aliphatic carbocycles. The van der Waals surface area contributed by atoms with Crippen molar-refractivity contribution in [3.8, 4) is 0 Å². The molecule has 1 aromatic carbocycles. The molecule has 0 saturated carbocycles. The lowest BCUT2D eigenvalue weighted by atomic mass is 10.1. The summed E-state index contributed by atoms with van der Waals surface area (Å²) in [5.74, 6) is -6.70. The number of benzene rings is 1. The van der Waals surface area contributed by atoms with E-state index in [1.54, 1.807) is 0 Å². The van der Waals surface area contributed by atoms with Crippen LogP contribution in [0.15, 0.2) is 6.07 Å². The maximum Gasteiger partial charge on any atom is 0.308 e. The largest absolute Gasteiger partial charge is 0.352 e. The first kappa shape index (κ1) is 15.9. The molecular weight excluding hydrogens is 277 g/mol. The molecule has 0 aromatic heterocycles. The van der Waals surface area contributed by atoms with Crippen LogP contribution in [0.25, 0.3) is 0 Å². The van der Waals surface area contributed by atoms with Gasteiger partial charge in [0, 0.05) is 12.6 Å². The van der Waals surface area contributed by atoms with E-state index in [2.05, 4.69) is 5.32 Å². The summed E-state index contributed by atoms with van der Waals surface area (Å²) < 4.78 is 39.7. The third-order valence-corrected chi connectivity index (χ3v) is 2.64. The highest BCUT2D eigenvalue weighted by atomic mass is 19.2. The van der Waals surface area contributed by atoms with Crippen molar-refractivity contribution >= 4 is 11.6 Å². The predicted octanol–water partition coefficient (Wildman–Crippen LogP) is 2.93. The summed E-state index contributed by atoms with van der Waals surface area (Å²) in [6.07, 6.45) is 2.37. The van der Waals surface area contributed by atoms with Gasteiger partial charge >= 0.3 is 5.69 Å². The number of halogens is 3. The van der Waals surface area contributed by atoms with E-state index in [-0.39, 0.29) is 6.54 Å². The lowest BCUT2D eigenvalue weighted by Gasteiger charge is -2.07. The van der Waals surface area contributed by atoms with E-state index >= 15 is 0 Å². The van der Waals surface area contributed by atoms with Crippen LogP contribution in [0.1, 0.15) is 36.5 Å². The number of carbonyl (C=O) groups excluding carboxylic acids is 1. The molecule has 5 nitrogen and oxygen atoms in total. The second-order valence-corrected chi connectivity index (χ2v) is 4.11. The number of carbonyl (C=O) groups is 1. The van der Waals surface area contributed by atoms with Gasteiger partial charge in [-0.15, -0.1) is 0 Å². The Morgan fingerprint density at radius 1 is 1.25 bits per heavy atom. The van der Waals surface area contributed by atoms with Crippen LogP contribution >= 0.6 is 0 Å². The highest BCUT2D eigenvalue weighted by Crippen LogP contribution is 2.25. The predicted molar refractivity (Wildman–Crippen MR) is 64.8 cm³/mol. The number of nitrogens with zero attached hydrogens (tertiary/aromatic N) is 1. The van der Waals surface area contributed by atoms with Gasteiger partial charge in [0.15, 0.2) is 5.82 Å². The molecule has 0 aliphatic rings. The van der Waals surface area contributed by atoms with E-state index in [0.29, 0.717) is 12.5 Å². The van der Waals surface area contributed by atoms with Crippen molar-refractivity contribution in [1.29, 1.82) is 0 Å². The molecule has 0 fully saturated rings. The molecule has 1 rings (SSSR count). The van der Waals surface area contributed by atoms with Crippen molar-refractivity contribution in [1.82, 2.24) is 5.32 Å². The topological polar surface area (TPSA) is 72.2 Å². The zero-order valence-corrected chi connectivity index (χ0v) is 10.7. The van der Waals surface area contributed by atoms with Crippen molar-refractivity contribution in [2.24, 2.45) is 0 Å². The van der Waals surface area contributed by atoms with Crippen LogP contribution in [0.4, 0.5) is 18.9 Å². The van der Waals surface area contributed by atoms with Crippen molar-refractivity contribution < 1.29 is 22.9 Å². The van der Waals surface area contributed by atoms with Crippen LogP contribution in [0, 0.1) is 27.6 Å². The molecule has 0 unspecified atom stereocenters. The minimum absolute atomic E-state index is 0.221.